The van der Waals surface area contributed by atoms with E-state index in [0.717, 1.165) is 0 Å². The van der Waals surface area contributed by atoms with E-state index in [-0.39, 0.29) is 12.4 Å². The standard InChI is InChI=1S/C11H12BrF4NO/c12-9-6-8(13)2-3-10(9)17-4-1-5-18-7-11(14,15)16/h2-3,6,17H,1,4-5,7H2. The van der Waals surface area contributed by atoms with Crippen molar-refractivity contribution in [3.8, 4) is 0 Å². The van der Waals surface area contributed by atoms with Gasteiger partial charge in [-0.2, -0.15) is 13.2 Å². The molecule has 18 heavy (non-hydrogen) atoms. The lowest BCUT2D eigenvalue weighted by atomic mass is 10.3. The van der Waals surface area contributed by atoms with Crippen molar-refractivity contribution in [1.29, 1.82) is 0 Å². The fourth-order valence-corrected chi connectivity index (χ4v) is 1.71. The summed E-state index contributed by atoms with van der Waals surface area (Å²) in [6, 6.07) is 4.16. The van der Waals surface area contributed by atoms with Crippen LogP contribution in [0.4, 0.5) is 23.2 Å². The predicted octanol–water partition coefficient (Wildman–Crippen LogP) is 3.97. The summed E-state index contributed by atoms with van der Waals surface area (Å²) in [5, 5.41) is 2.96. The highest BCUT2D eigenvalue weighted by atomic mass is 79.9. The number of hydrogen-bond acceptors (Lipinski definition) is 2. The van der Waals surface area contributed by atoms with Gasteiger partial charge in [0.25, 0.3) is 0 Å². The number of nitrogens with one attached hydrogen (secondary N) is 1. The van der Waals surface area contributed by atoms with Crippen molar-refractivity contribution in [2.75, 3.05) is 25.1 Å². The SMILES string of the molecule is Fc1ccc(NCCCOCC(F)(F)F)c(Br)c1. The molecule has 0 radical (unpaired) electrons. The van der Waals surface area contributed by atoms with Gasteiger partial charge in [0.05, 0.1) is 0 Å². The highest BCUT2D eigenvalue weighted by Crippen LogP contribution is 2.22. The molecular formula is C11H12BrF4NO. The Morgan fingerprint density at radius 2 is 2.00 bits per heavy atom. The Morgan fingerprint density at radius 1 is 1.28 bits per heavy atom. The lowest BCUT2D eigenvalue weighted by Gasteiger charge is -2.10. The second-order valence-electron chi connectivity index (χ2n) is 3.57. The molecule has 1 rings (SSSR count). The van der Waals surface area contributed by atoms with Crippen LogP contribution in [0.2, 0.25) is 0 Å². The molecule has 0 aromatic heterocycles. The van der Waals surface area contributed by atoms with Crippen LogP contribution in [0, 0.1) is 5.82 Å². The molecule has 0 aliphatic heterocycles. The largest absolute Gasteiger partial charge is 0.411 e. The molecule has 0 saturated carbocycles. The van der Waals surface area contributed by atoms with Gasteiger partial charge < -0.3 is 10.1 Å². The molecule has 2 nitrogen and oxygen atoms in total. The van der Waals surface area contributed by atoms with Crippen LogP contribution in [0.1, 0.15) is 6.42 Å². The van der Waals surface area contributed by atoms with Crippen LogP contribution in [0.3, 0.4) is 0 Å². The predicted molar refractivity (Wildman–Crippen MR) is 64.1 cm³/mol. The van der Waals surface area contributed by atoms with Crippen molar-refractivity contribution < 1.29 is 22.3 Å². The molecule has 0 atom stereocenters. The number of anilines is 1. The molecular weight excluding hydrogens is 318 g/mol. The summed E-state index contributed by atoms with van der Waals surface area (Å²) >= 11 is 3.17. The van der Waals surface area contributed by atoms with Crippen molar-refractivity contribution >= 4 is 21.6 Å². The van der Waals surface area contributed by atoms with E-state index < -0.39 is 12.8 Å². The average molecular weight is 330 g/mol. The highest BCUT2D eigenvalue weighted by molar-refractivity contribution is 9.10. The molecule has 1 aromatic rings. The van der Waals surface area contributed by atoms with E-state index in [0.29, 0.717) is 23.1 Å². The van der Waals surface area contributed by atoms with Crippen LogP contribution in [0.5, 0.6) is 0 Å². The molecule has 0 amide bonds. The van der Waals surface area contributed by atoms with E-state index >= 15 is 0 Å². The molecule has 0 unspecified atom stereocenters. The molecule has 1 N–H and O–H groups in total. The quantitative estimate of drug-likeness (QED) is 0.630. The summed E-state index contributed by atoms with van der Waals surface area (Å²) in [7, 11) is 0. The smallest absolute Gasteiger partial charge is 0.384 e. The molecule has 0 aliphatic rings. The normalized spacial score (nSPS) is 11.6. The average Bonchev–Trinajstić information content (AvgIpc) is 2.24. The third kappa shape index (κ3) is 6.20. The topological polar surface area (TPSA) is 21.3 Å². The second kappa shape index (κ2) is 6.94. The Kier molecular flexibility index (Phi) is 5.87. The zero-order valence-corrected chi connectivity index (χ0v) is 10.9. The lowest BCUT2D eigenvalue weighted by molar-refractivity contribution is -0.173. The first-order valence-corrected chi connectivity index (χ1v) is 6.01. The van der Waals surface area contributed by atoms with Crippen molar-refractivity contribution in [1.82, 2.24) is 0 Å². The number of benzene rings is 1. The van der Waals surface area contributed by atoms with Gasteiger partial charge >= 0.3 is 6.18 Å². The van der Waals surface area contributed by atoms with Gasteiger partial charge in [-0.3, -0.25) is 0 Å². The van der Waals surface area contributed by atoms with Gasteiger partial charge in [-0.15, -0.1) is 0 Å². The monoisotopic (exact) mass is 329 g/mol. The molecule has 0 bridgehead atoms. The van der Waals surface area contributed by atoms with E-state index in [9.17, 15) is 17.6 Å². The summed E-state index contributed by atoms with van der Waals surface area (Å²) < 4.78 is 53.0. The molecule has 0 saturated heterocycles. The van der Waals surface area contributed by atoms with Gasteiger partial charge in [-0.05, 0) is 40.5 Å². The molecule has 1 aromatic carbocycles. The van der Waals surface area contributed by atoms with Crippen LogP contribution in [0.15, 0.2) is 22.7 Å². The van der Waals surface area contributed by atoms with Crippen LogP contribution >= 0.6 is 15.9 Å². The van der Waals surface area contributed by atoms with Crippen LogP contribution in [-0.2, 0) is 4.74 Å². The lowest BCUT2D eigenvalue weighted by Crippen LogP contribution is -2.18. The zero-order valence-electron chi connectivity index (χ0n) is 9.36. The summed E-state index contributed by atoms with van der Waals surface area (Å²) in [5.41, 5.74) is 0.687. The summed E-state index contributed by atoms with van der Waals surface area (Å²) in [4.78, 5) is 0. The van der Waals surface area contributed by atoms with Crippen molar-refractivity contribution in [2.24, 2.45) is 0 Å². The second-order valence-corrected chi connectivity index (χ2v) is 4.43. The Hall–Kier alpha value is -0.820. The molecule has 0 heterocycles. The van der Waals surface area contributed by atoms with Crippen molar-refractivity contribution in [3.63, 3.8) is 0 Å². The third-order valence-corrected chi connectivity index (χ3v) is 2.63. The maximum atomic E-state index is 12.8. The number of alkyl halides is 3. The number of halogens is 5. The minimum absolute atomic E-state index is 0.0192. The first-order chi connectivity index (χ1) is 8.38. The van der Waals surface area contributed by atoms with Gasteiger partial charge in [-0.1, -0.05) is 0 Å². The Balaban J connectivity index is 2.18. The first kappa shape index (κ1) is 15.2. The fourth-order valence-electron chi connectivity index (χ4n) is 1.22. The molecule has 7 heteroatoms. The minimum atomic E-state index is -4.28. The Bertz CT molecular complexity index is 384. The maximum absolute atomic E-state index is 12.8. The van der Waals surface area contributed by atoms with E-state index in [4.69, 9.17) is 0 Å². The molecule has 102 valence electrons. The van der Waals surface area contributed by atoms with Gasteiger partial charge in [0.2, 0.25) is 0 Å². The van der Waals surface area contributed by atoms with Gasteiger partial charge in [-0.25, -0.2) is 4.39 Å². The van der Waals surface area contributed by atoms with Crippen LogP contribution in [-0.4, -0.2) is 25.9 Å². The van der Waals surface area contributed by atoms with E-state index in [1.807, 2.05) is 0 Å². The number of hydrogen-bond donors (Lipinski definition) is 1. The first-order valence-electron chi connectivity index (χ1n) is 5.22. The van der Waals surface area contributed by atoms with E-state index in [1.54, 1.807) is 6.07 Å². The van der Waals surface area contributed by atoms with Crippen molar-refractivity contribution in [2.45, 2.75) is 12.6 Å². The fraction of sp³-hybridized carbons (Fsp3) is 0.455. The van der Waals surface area contributed by atoms with E-state index in [1.165, 1.54) is 12.1 Å². The van der Waals surface area contributed by atoms with Crippen LogP contribution < -0.4 is 5.32 Å². The van der Waals surface area contributed by atoms with Gasteiger partial charge in [0.15, 0.2) is 0 Å². The Morgan fingerprint density at radius 3 is 2.61 bits per heavy atom. The molecule has 0 fully saturated rings. The number of ether oxygens (including phenoxy) is 1. The third-order valence-electron chi connectivity index (χ3n) is 1.98. The van der Waals surface area contributed by atoms with Gasteiger partial charge in [0.1, 0.15) is 12.4 Å². The summed E-state index contributed by atoms with van der Waals surface area (Å²) in [5.74, 6) is -0.360. The van der Waals surface area contributed by atoms with E-state index in [2.05, 4.69) is 26.0 Å². The molecule has 0 spiro atoms. The maximum Gasteiger partial charge on any atom is 0.411 e. The molecule has 0 aliphatic carbocycles. The Labute approximate surface area is 110 Å². The van der Waals surface area contributed by atoms with Gasteiger partial charge in [0, 0.05) is 23.3 Å². The number of rotatable bonds is 6. The minimum Gasteiger partial charge on any atom is -0.384 e. The summed E-state index contributed by atoms with van der Waals surface area (Å²) in [6.07, 6.45) is -3.85. The van der Waals surface area contributed by atoms with Crippen LogP contribution in [0.25, 0.3) is 0 Å². The van der Waals surface area contributed by atoms with Crippen molar-refractivity contribution in [3.05, 3.63) is 28.5 Å². The zero-order chi connectivity index (χ0) is 13.6. The highest BCUT2D eigenvalue weighted by Gasteiger charge is 2.27. The summed E-state index contributed by atoms with van der Waals surface area (Å²) in [6.45, 7) is -0.763.